The monoisotopic (exact) mass is 371 g/mol. The second kappa shape index (κ2) is 6.49. The van der Waals surface area contributed by atoms with Crippen molar-refractivity contribution in [3.63, 3.8) is 0 Å². The molecule has 2 aliphatic rings. The summed E-state index contributed by atoms with van der Waals surface area (Å²) >= 11 is 5.52. The molecule has 21 heavy (non-hydrogen) atoms. The summed E-state index contributed by atoms with van der Waals surface area (Å²) in [5.41, 5.74) is 8.15. The highest BCUT2D eigenvalue weighted by molar-refractivity contribution is 9.10. The van der Waals surface area contributed by atoms with Crippen LogP contribution < -0.4 is 10.5 Å². The van der Waals surface area contributed by atoms with E-state index in [0.717, 1.165) is 53.0 Å². The Morgan fingerprint density at radius 1 is 1.52 bits per heavy atom. The molecular formula is C16H22BrNO2S. The SMILES string of the molecule is Cc1cc(Br)cc(CN)c1OC1CCOC2(CCSC2)C1. The molecule has 3 rings (SSSR count). The van der Waals surface area contributed by atoms with E-state index < -0.39 is 0 Å². The summed E-state index contributed by atoms with van der Waals surface area (Å²) in [5.74, 6) is 3.28. The number of ether oxygens (including phenoxy) is 2. The molecule has 1 aromatic carbocycles. The van der Waals surface area contributed by atoms with Crippen LogP contribution in [0.25, 0.3) is 0 Å². The summed E-state index contributed by atoms with van der Waals surface area (Å²) in [6, 6.07) is 4.15. The van der Waals surface area contributed by atoms with Crippen molar-refractivity contribution >= 4 is 27.7 Å². The predicted molar refractivity (Wildman–Crippen MR) is 91.0 cm³/mol. The Hall–Kier alpha value is -0.230. The molecule has 2 fully saturated rings. The smallest absolute Gasteiger partial charge is 0.127 e. The second-order valence-corrected chi connectivity index (χ2v) is 8.00. The molecule has 116 valence electrons. The van der Waals surface area contributed by atoms with Crippen LogP contribution in [-0.2, 0) is 11.3 Å². The van der Waals surface area contributed by atoms with Gasteiger partial charge in [-0.25, -0.2) is 0 Å². The van der Waals surface area contributed by atoms with Crippen LogP contribution in [0, 0.1) is 6.92 Å². The highest BCUT2D eigenvalue weighted by atomic mass is 79.9. The fraction of sp³-hybridized carbons (Fsp3) is 0.625. The lowest BCUT2D eigenvalue weighted by Crippen LogP contribution is -2.44. The van der Waals surface area contributed by atoms with Crippen molar-refractivity contribution in [3.8, 4) is 5.75 Å². The Balaban J connectivity index is 1.77. The molecule has 5 heteroatoms. The third-order valence-electron chi connectivity index (χ3n) is 4.34. The van der Waals surface area contributed by atoms with Gasteiger partial charge in [-0.1, -0.05) is 15.9 Å². The molecule has 2 atom stereocenters. The molecule has 0 radical (unpaired) electrons. The quantitative estimate of drug-likeness (QED) is 0.880. The van der Waals surface area contributed by atoms with Crippen molar-refractivity contribution in [1.29, 1.82) is 0 Å². The average Bonchev–Trinajstić information content (AvgIpc) is 2.89. The number of halogens is 1. The largest absolute Gasteiger partial charge is 0.490 e. The molecule has 1 aromatic rings. The van der Waals surface area contributed by atoms with Crippen molar-refractivity contribution in [2.45, 2.75) is 44.4 Å². The molecule has 0 aromatic heterocycles. The van der Waals surface area contributed by atoms with Gasteiger partial charge >= 0.3 is 0 Å². The van der Waals surface area contributed by atoms with Crippen molar-refractivity contribution in [2.75, 3.05) is 18.1 Å². The summed E-state index contributed by atoms with van der Waals surface area (Å²) in [4.78, 5) is 0. The maximum atomic E-state index is 6.36. The minimum Gasteiger partial charge on any atom is -0.490 e. The van der Waals surface area contributed by atoms with Gasteiger partial charge in [-0.2, -0.15) is 11.8 Å². The van der Waals surface area contributed by atoms with E-state index in [1.165, 1.54) is 5.75 Å². The van der Waals surface area contributed by atoms with E-state index in [2.05, 4.69) is 35.0 Å². The van der Waals surface area contributed by atoms with Gasteiger partial charge in [0, 0.05) is 35.2 Å². The van der Waals surface area contributed by atoms with Gasteiger partial charge in [0.1, 0.15) is 11.9 Å². The number of nitrogens with two attached hydrogens (primary N) is 1. The summed E-state index contributed by atoms with van der Waals surface area (Å²) in [5, 5.41) is 0. The van der Waals surface area contributed by atoms with E-state index in [9.17, 15) is 0 Å². The molecule has 1 spiro atoms. The maximum Gasteiger partial charge on any atom is 0.127 e. The molecule has 0 amide bonds. The third-order valence-corrected chi connectivity index (χ3v) is 6.02. The molecule has 2 saturated heterocycles. The molecule has 3 nitrogen and oxygen atoms in total. The second-order valence-electron chi connectivity index (χ2n) is 5.98. The van der Waals surface area contributed by atoms with Crippen LogP contribution in [0.1, 0.15) is 30.4 Å². The number of hydrogen-bond donors (Lipinski definition) is 1. The van der Waals surface area contributed by atoms with Crippen LogP contribution in [0.4, 0.5) is 0 Å². The van der Waals surface area contributed by atoms with Gasteiger partial charge < -0.3 is 15.2 Å². The lowest BCUT2D eigenvalue weighted by molar-refractivity contribution is -0.0961. The number of rotatable bonds is 3. The lowest BCUT2D eigenvalue weighted by atomic mass is 9.91. The van der Waals surface area contributed by atoms with Crippen LogP contribution in [0.5, 0.6) is 5.75 Å². The van der Waals surface area contributed by atoms with Gasteiger partial charge in [-0.15, -0.1) is 0 Å². The summed E-state index contributed by atoms with van der Waals surface area (Å²) in [7, 11) is 0. The zero-order chi connectivity index (χ0) is 14.9. The molecule has 2 unspecified atom stereocenters. The molecule has 0 saturated carbocycles. The van der Waals surface area contributed by atoms with Crippen molar-refractivity contribution < 1.29 is 9.47 Å². The van der Waals surface area contributed by atoms with E-state index in [1.54, 1.807) is 0 Å². The molecule has 2 N–H and O–H groups in total. The first kappa shape index (κ1) is 15.7. The van der Waals surface area contributed by atoms with E-state index in [-0.39, 0.29) is 11.7 Å². The first-order valence-electron chi connectivity index (χ1n) is 7.49. The van der Waals surface area contributed by atoms with Crippen LogP contribution in [0.15, 0.2) is 16.6 Å². The van der Waals surface area contributed by atoms with Crippen LogP contribution >= 0.6 is 27.7 Å². The zero-order valence-electron chi connectivity index (χ0n) is 12.4. The van der Waals surface area contributed by atoms with Crippen molar-refractivity contribution in [2.24, 2.45) is 5.73 Å². The number of aryl methyl sites for hydroxylation is 1. The van der Waals surface area contributed by atoms with Gasteiger partial charge in [0.05, 0.1) is 12.2 Å². The highest BCUT2D eigenvalue weighted by Crippen LogP contribution is 2.40. The minimum absolute atomic E-state index is 0.0553. The summed E-state index contributed by atoms with van der Waals surface area (Å²) in [6.07, 6.45) is 3.36. The standard InChI is InChI=1S/C16H22BrNO2S/c1-11-6-13(17)7-12(9-18)15(11)20-14-2-4-19-16(8-14)3-5-21-10-16/h6-7,14H,2-5,8-10,18H2,1H3. The minimum atomic E-state index is 0.0553. The van der Waals surface area contributed by atoms with Gasteiger partial charge in [0.2, 0.25) is 0 Å². The van der Waals surface area contributed by atoms with Gasteiger partial charge in [-0.3, -0.25) is 0 Å². The van der Waals surface area contributed by atoms with Crippen LogP contribution in [0.3, 0.4) is 0 Å². The predicted octanol–water partition coefficient (Wildman–Crippen LogP) is 3.65. The Morgan fingerprint density at radius 3 is 3.10 bits per heavy atom. The molecule has 0 bridgehead atoms. The molecular weight excluding hydrogens is 350 g/mol. The van der Waals surface area contributed by atoms with Crippen LogP contribution in [0.2, 0.25) is 0 Å². The van der Waals surface area contributed by atoms with Gasteiger partial charge in [0.15, 0.2) is 0 Å². The summed E-state index contributed by atoms with van der Waals surface area (Å²) < 4.78 is 13.5. The molecule has 2 aliphatic heterocycles. The topological polar surface area (TPSA) is 44.5 Å². The first-order valence-corrected chi connectivity index (χ1v) is 9.44. The fourth-order valence-electron chi connectivity index (χ4n) is 3.23. The lowest BCUT2D eigenvalue weighted by Gasteiger charge is -2.38. The Bertz CT molecular complexity index is 517. The van der Waals surface area contributed by atoms with E-state index in [0.29, 0.717) is 6.54 Å². The Morgan fingerprint density at radius 2 is 2.38 bits per heavy atom. The highest BCUT2D eigenvalue weighted by Gasteiger charge is 2.41. The number of benzene rings is 1. The van der Waals surface area contributed by atoms with E-state index in [1.807, 2.05) is 11.8 Å². The fourth-order valence-corrected chi connectivity index (χ4v) is 5.23. The Kier molecular flexibility index (Phi) is 4.84. The van der Waals surface area contributed by atoms with E-state index in [4.69, 9.17) is 15.2 Å². The normalized spacial score (nSPS) is 29.0. The third kappa shape index (κ3) is 3.41. The molecule has 0 aliphatic carbocycles. The Labute approximate surface area is 139 Å². The van der Waals surface area contributed by atoms with Gasteiger partial charge in [-0.05, 0) is 36.8 Å². The zero-order valence-corrected chi connectivity index (χ0v) is 14.8. The maximum absolute atomic E-state index is 6.36. The molecule has 2 heterocycles. The average molecular weight is 372 g/mol. The summed E-state index contributed by atoms with van der Waals surface area (Å²) in [6.45, 7) is 3.39. The number of hydrogen-bond acceptors (Lipinski definition) is 4. The van der Waals surface area contributed by atoms with Crippen LogP contribution in [-0.4, -0.2) is 29.8 Å². The van der Waals surface area contributed by atoms with Crippen molar-refractivity contribution in [1.82, 2.24) is 0 Å². The van der Waals surface area contributed by atoms with Crippen molar-refractivity contribution in [3.05, 3.63) is 27.7 Å². The number of thioether (sulfide) groups is 1. The van der Waals surface area contributed by atoms with Gasteiger partial charge in [0.25, 0.3) is 0 Å². The van der Waals surface area contributed by atoms with E-state index >= 15 is 0 Å². The first-order chi connectivity index (χ1) is 10.1.